The molecule has 0 fully saturated rings. The van der Waals surface area contributed by atoms with E-state index in [2.05, 4.69) is 5.32 Å². The molecule has 15 heavy (non-hydrogen) atoms. The van der Waals surface area contributed by atoms with Gasteiger partial charge >= 0.3 is 6.18 Å². The predicted octanol–water partition coefficient (Wildman–Crippen LogP) is 2.78. The Balaban J connectivity index is 2.94. The summed E-state index contributed by atoms with van der Waals surface area (Å²) in [5.74, 6) is -1.36. The average molecular weight is 218 g/mol. The first-order valence-corrected chi connectivity index (χ1v) is 3.92. The first-order chi connectivity index (χ1) is 6.95. The molecule has 80 valence electrons. The zero-order chi connectivity index (χ0) is 11.5. The average Bonchev–Trinajstić information content (AvgIpc) is 2.12. The molecule has 6 heteroatoms. The molecule has 0 heterocycles. The molecule has 0 saturated carbocycles. The number of rotatable bonds is 2. The van der Waals surface area contributed by atoms with Gasteiger partial charge in [-0.3, -0.25) is 0 Å². The second kappa shape index (κ2) is 4.17. The van der Waals surface area contributed by atoms with Gasteiger partial charge in [0.15, 0.2) is 0 Å². The van der Waals surface area contributed by atoms with Crippen molar-refractivity contribution in [3.05, 3.63) is 29.6 Å². The lowest BCUT2D eigenvalue weighted by Gasteiger charge is -2.09. The number of halogens is 4. The topological polar surface area (TPSA) is 35.8 Å². The van der Waals surface area contributed by atoms with Crippen molar-refractivity contribution in [2.24, 2.45) is 0 Å². The van der Waals surface area contributed by atoms with Gasteiger partial charge in [0.05, 0.1) is 11.6 Å². The first kappa shape index (κ1) is 11.3. The molecular formula is C9H6F4N2. The second-order valence-corrected chi connectivity index (χ2v) is 2.70. The number of nitrogens with zero attached hydrogens (tertiary/aromatic N) is 1. The minimum atomic E-state index is -4.70. The molecule has 0 unspecified atom stereocenters. The van der Waals surface area contributed by atoms with Gasteiger partial charge < -0.3 is 5.32 Å². The molecule has 0 aliphatic heterocycles. The van der Waals surface area contributed by atoms with Crippen LogP contribution in [0.5, 0.6) is 0 Å². The summed E-state index contributed by atoms with van der Waals surface area (Å²) in [5.41, 5.74) is -1.17. The van der Waals surface area contributed by atoms with Crippen molar-refractivity contribution >= 4 is 5.69 Å². The largest absolute Gasteiger partial charge is 0.419 e. The fraction of sp³-hybridized carbons (Fsp3) is 0.222. The lowest BCUT2D eigenvalue weighted by Crippen LogP contribution is -2.08. The van der Waals surface area contributed by atoms with Crippen molar-refractivity contribution in [2.45, 2.75) is 6.18 Å². The number of anilines is 1. The van der Waals surface area contributed by atoms with Gasteiger partial charge in [-0.25, -0.2) is 4.39 Å². The molecule has 0 aromatic heterocycles. The Hall–Kier alpha value is -1.77. The molecule has 1 rings (SSSR count). The van der Waals surface area contributed by atoms with Crippen LogP contribution in [-0.2, 0) is 6.18 Å². The zero-order valence-electron chi connectivity index (χ0n) is 7.40. The summed E-state index contributed by atoms with van der Waals surface area (Å²) < 4.78 is 49.3. The van der Waals surface area contributed by atoms with Crippen molar-refractivity contribution < 1.29 is 17.6 Å². The molecule has 2 nitrogen and oxygen atoms in total. The van der Waals surface area contributed by atoms with E-state index in [1.165, 1.54) is 0 Å². The van der Waals surface area contributed by atoms with E-state index in [1.54, 1.807) is 6.07 Å². The smallest absolute Gasteiger partial charge is 0.372 e. The van der Waals surface area contributed by atoms with Gasteiger partial charge in [0.25, 0.3) is 0 Å². The molecule has 0 aliphatic carbocycles. The quantitative estimate of drug-likeness (QED) is 0.612. The molecule has 0 aliphatic rings. The summed E-state index contributed by atoms with van der Waals surface area (Å²) in [6.07, 6.45) is -4.70. The van der Waals surface area contributed by atoms with Crippen molar-refractivity contribution in [2.75, 3.05) is 11.9 Å². The van der Waals surface area contributed by atoms with Crippen LogP contribution in [0, 0.1) is 17.1 Å². The highest BCUT2D eigenvalue weighted by Crippen LogP contribution is 2.32. The van der Waals surface area contributed by atoms with Crippen molar-refractivity contribution in [1.29, 1.82) is 5.26 Å². The highest BCUT2D eigenvalue weighted by Gasteiger charge is 2.33. The molecule has 1 aromatic rings. The first-order valence-electron chi connectivity index (χ1n) is 3.92. The molecule has 1 N–H and O–H groups in total. The Kier molecular flexibility index (Phi) is 3.14. The SMILES string of the molecule is N#CCNc1ccc(C(F)(F)F)c(F)c1. The molecule has 0 amide bonds. The third kappa shape index (κ3) is 2.84. The van der Waals surface area contributed by atoms with Crippen LogP contribution in [0.4, 0.5) is 23.2 Å². The standard InChI is InChI=1S/C9H6F4N2/c10-8-5-6(15-4-3-14)1-2-7(8)9(11,12)13/h1-2,5,15H,4H2. The maximum absolute atomic E-state index is 12.9. The van der Waals surface area contributed by atoms with E-state index in [4.69, 9.17) is 5.26 Å². The summed E-state index contributed by atoms with van der Waals surface area (Å²) in [5, 5.41) is 10.6. The molecule has 0 atom stereocenters. The number of alkyl halides is 3. The summed E-state index contributed by atoms with van der Waals surface area (Å²) in [6, 6.07) is 4.14. The fourth-order valence-electron chi connectivity index (χ4n) is 0.997. The minimum absolute atomic E-state index is 0.0925. The third-order valence-corrected chi connectivity index (χ3v) is 1.65. The van der Waals surface area contributed by atoms with E-state index in [-0.39, 0.29) is 12.2 Å². The number of nitrogens with one attached hydrogen (secondary N) is 1. The zero-order valence-corrected chi connectivity index (χ0v) is 7.40. The molecule has 0 spiro atoms. The maximum Gasteiger partial charge on any atom is 0.419 e. The number of hydrogen-bond donors (Lipinski definition) is 1. The van der Waals surface area contributed by atoms with E-state index in [9.17, 15) is 17.6 Å². The molecule has 1 aromatic carbocycles. The van der Waals surface area contributed by atoms with Crippen LogP contribution in [0.1, 0.15) is 5.56 Å². The Morgan fingerprint density at radius 2 is 2.00 bits per heavy atom. The van der Waals surface area contributed by atoms with Gasteiger partial charge in [0.1, 0.15) is 12.4 Å². The van der Waals surface area contributed by atoms with Gasteiger partial charge in [-0.2, -0.15) is 18.4 Å². The predicted molar refractivity (Wildman–Crippen MR) is 45.5 cm³/mol. The van der Waals surface area contributed by atoms with Gasteiger partial charge in [-0.15, -0.1) is 0 Å². The van der Waals surface area contributed by atoms with Crippen LogP contribution >= 0.6 is 0 Å². The van der Waals surface area contributed by atoms with Crippen molar-refractivity contribution in [3.8, 4) is 6.07 Å². The van der Waals surface area contributed by atoms with E-state index >= 15 is 0 Å². The Morgan fingerprint density at radius 3 is 2.47 bits per heavy atom. The minimum Gasteiger partial charge on any atom is -0.372 e. The maximum atomic E-state index is 12.9. The highest BCUT2D eigenvalue weighted by atomic mass is 19.4. The van der Waals surface area contributed by atoms with E-state index in [1.807, 2.05) is 0 Å². The lowest BCUT2D eigenvalue weighted by atomic mass is 10.2. The van der Waals surface area contributed by atoms with E-state index in [0.29, 0.717) is 12.1 Å². The van der Waals surface area contributed by atoms with Gasteiger partial charge in [0.2, 0.25) is 0 Å². The van der Waals surface area contributed by atoms with E-state index < -0.39 is 17.6 Å². The van der Waals surface area contributed by atoms with Crippen LogP contribution in [0.2, 0.25) is 0 Å². The van der Waals surface area contributed by atoms with Crippen molar-refractivity contribution in [1.82, 2.24) is 0 Å². The second-order valence-electron chi connectivity index (χ2n) is 2.70. The molecule has 0 bridgehead atoms. The van der Waals surface area contributed by atoms with Crippen LogP contribution in [0.15, 0.2) is 18.2 Å². The fourth-order valence-corrected chi connectivity index (χ4v) is 0.997. The summed E-state index contributed by atoms with van der Waals surface area (Å²) in [7, 11) is 0. The Morgan fingerprint density at radius 1 is 1.33 bits per heavy atom. The number of nitriles is 1. The Bertz CT molecular complexity index is 392. The van der Waals surface area contributed by atoms with Crippen LogP contribution in [-0.4, -0.2) is 6.54 Å². The monoisotopic (exact) mass is 218 g/mol. The molecule has 0 saturated heterocycles. The Labute approximate surface area is 83.1 Å². The third-order valence-electron chi connectivity index (χ3n) is 1.65. The van der Waals surface area contributed by atoms with E-state index in [0.717, 1.165) is 6.07 Å². The molecule has 0 radical (unpaired) electrons. The summed E-state index contributed by atoms with van der Waals surface area (Å²) >= 11 is 0. The van der Waals surface area contributed by atoms with Gasteiger partial charge in [-0.1, -0.05) is 0 Å². The lowest BCUT2D eigenvalue weighted by molar-refractivity contribution is -0.139. The van der Waals surface area contributed by atoms with Crippen LogP contribution < -0.4 is 5.32 Å². The van der Waals surface area contributed by atoms with Gasteiger partial charge in [-0.05, 0) is 18.2 Å². The highest BCUT2D eigenvalue weighted by molar-refractivity contribution is 5.46. The number of benzene rings is 1. The summed E-state index contributed by atoms with van der Waals surface area (Å²) in [4.78, 5) is 0. The molecular weight excluding hydrogens is 212 g/mol. The normalized spacial score (nSPS) is 10.9. The van der Waals surface area contributed by atoms with Crippen molar-refractivity contribution in [3.63, 3.8) is 0 Å². The number of hydrogen-bond acceptors (Lipinski definition) is 2. The summed E-state index contributed by atoms with van der Waals surface area (Å²) in [6.45, 7) is -0.0925. The van der Waals surface area contributed by atoms with Crippen LogP contribution in [0.25, 0.3) is 0 Å². The van der Waals surface area contributed by atoms with Gasteiger partial charge in [0, 0.05) is 5.69 Å². The van der Waals surface area contributed by atoms with Crippen LogP contribution in [0.3, 0.4) is 0 Å².